The molecule has 2 aromatic heterocycles. The molecule has 0 amide bonds. The predicted molar refractivity (Wildman–Crippen MR) is 60.3 cm³/mol. The quantitative estimate of drug-likeness (QED) is 0.804. The van der Waals surface area contributed by atoms with E-state index in [4.69, 9.17) is 17.3 Å². The van der Waals surface area contributed by atoms with Crippen LogP contribution in [0.15, 0.2) is 18.3 Å². The van der Waals surface area contributed by atoms with Crippen molar-refractivity contribution in [1.29, 1.82) is 0 Å². The molecule has 0 spiro atoms. The van der Waals surface area contributed by atoms with E-state index in [0.29, 0.717) is 16.5 Å². The van der Waals surface area contributed by atoms with Crippen LogP contribution in [0.1, 0.15) is 11.4 Å². The Morgan fingerprint density at radius 3 is 2.67 bits per heavy atom. The summed E-state index contributed by atoms with van der Waals surface area (Å²) in [5.74, 6) is 0.616. The summed E-state index contributed by atoms with van der Waals surface area (Å²) < 4.78 is 1.60. The molecule has 0 fully saturated rings. The summed E-state index contributed by atoms with van der Waals surface area (Å²) >= 11 is 5.92. The third-order valence-corrected chi connectivity index (χ3v) is 2.47. The van der Waals surface area contributed by atoms with Crippen LogP contribution in [0.25, 0.3) is 5.82 Å². The Hall–Kier alpha value is -1.55. The maximum atomic E-state index is 5.92. The summed E-state index contributed by atoms with van der Waals surface area (Å²) in [4.78, 5) is 4.31. The molecule has 78 valence electrons. The van der Waals surface area contributed by atoms with Crippen molar-refractivity contribution >= 4 is 17.3 Å². The molecule has 0 aromatic carbocycles. The van der Waals surface area contributed by atoms with Gasteiger partial charge in [0.25, 0.3) is 0 Å². The van der Waals surface area contributed by atoms with Gasteiger partial charge < -0.3 is 5.73 Å². The van der Waals surface area contributed by atoms with Gasteiger partial charge in [-0.05, 0) is 26.0 Å². The molecular formula is C10H11ClN4. The first kappa shape index (κ1) is 9.98. The van der Waals surface area contributed by atoms with Crippen molar-refractivity contribution < 1.29 is 0 Å². The zero-order chi connectivity index (χ0) is 11.0. The highest BCUT2D eigenvalue weighted by Gasteiger charge is 2.08. The molecule has 0 aliphatic carbocycles. The van der Waals surface area contributed by atoms with Gasteiger partial charge in [-0.2, -0.15) is 5.10 Å². The van der Waals surface area contributed by atoms with Gasteiger partial charge in [-0.25, -0.2) is 9.67 Å². The number of hydrogen-bond donors (Lipinski definition) is 1. The standard InChI is InChI=1S/C10H11ClN4/c1-6-3-4-9(12)10(13-6)15-5-8(11)7(2)14-15/h3-5H,12H2,1-2H3. The Bertz CT molecular complexity index is 485. The number of hydrogen-bond acceptors (Lipinski definition) is 3. The Balaban J connectivity index is 2.58. The predicted octanol–water partition coefficient (Wildman–Crippen LogP) is 2.12. The van der Waals surface area contributed by atoms with Gasteiger partial charge in [0.1, 0.15) is 0 Å². The molecule has 0 radical (unpaired) electrons. The van der Waals surface area contributed by atoms with Crippen LogP contribution < -0.4 is 5.73 Å². The number of aromatic nitrogens is 3. The summed E-state index contributed by atoms with van der Waals surface area (Å²) in [6.07, 6.45) is 1.70. The van der Waals surface area contributed by atoms with E-state index in [-0.39, 0.29) is 0 Å². The summed E-state index contributed by atoms with van der Waals surface area (Å²) in [5, 5.41) is 4.83. The largest absolute Gasteiger partial charge is 0.396 e. The molecule has 2 rings (SSSR count). The monoisotopic (exact) mass is 222 g/mol. The number of halogens is 1. The minimum atomic E-state index is 0.583. The SMILES string of the molecule is Cc1ccc(N)c(-n2cc(Cl)c(C)n2)n1. The van der Waals surface area contributed by atoms with Gasteiger partial charge in [-0.1, -0.05) is 11.6 Å². The van der Waals surface area contributed by atoms with Crippen molar-refractivity contribution in [3.63, 3.8) is 0 Å². The molecule has 0 aliphatic rings. The Morgan fingerprint density at radius 1 is 1.33 bits per heavy atom. The second-order valence-electron chi connectivity index (χ2n) is 3.37. The molecule has 2 N–H and O–H groups in total. The van der Waals surface area contributed by atoms with Gasteiger partial charge in [0.15, 0.2) is 5.82 Å². The Morgan fingerprint density at radius 2 is 2.07 bits per heavy atom. The van der Waals surface area contributed by atoms with Crippen molar-refractivity contribution in [3.8, 4) is 5.82 Å². The topological polar surface area (TPSA) is 56.7 Å². The third-order valence-electron chi connectivity index (χ3n) is 2.10. The van der Waals surface area contributed by atoms with Crippen molar-refractivity contribution in [2.24, 2.45) is 0 Å². The van der Waals surface area contributed by atoms with Gasteiger partial charge in [0, 0.05) is 5.69 Å². The summed E-state index contributed by atoms with van der Waals surface area (Å²) in [6, 6.07) is 3.67. The van der Waals surface area contributed by atoms with Gasteiger partial charge in [-0.3, -0.25) is 0 Å². The molecular weight excluding hydrogens is 212 g/mol. The number of nitrogens with zero attached hydrogens (tertiary/aromatic N) is 3. The van der Waals surface area contributed by atoms with Crippen LogP contribution in [0.5, 0.6) is 0 Å². The fourth-order valence-corrected chi connectivity index (χ4v) is 1.42. The molecule has 0 saturated carbocycles. The summed E-state index contributed by atoms with van der Waals surface area (Å²) in [7, 11) is 0. The first-order valence-electron chi connectivity index (χ1n) is 4.53. The van der Waals surface area contributed by atoms with Gasteiger partial charge >= 0.3 is 0 Å². The van der Waals surface area contributed by atoms with E-state index >= 15 is 0 Å². The number of rotatable bonds is 1. The lowest BCUT2D eigenvalue weighted by molar-refractivity contribution is 0.830. The van der Waals surface area contributed by atoms with Crippen molar-refractivity contribution in [1.82, 2.24) is 14.8 Å². The normalized spacial score (nSPS) is 10.6. The zero-order valence-electron chi connectivity index (χ0n) is 8.53. The van der Waals surface area contributed by atoms with Gasteiger partial charge in [0.2, 0.25) is 0 Å². The number of nitrogen functional groups attached to an aromatic ring is 1. The number of nitrogens with two attached hydrogens (primary N) is 1. The van der Waals surface area contributed by atoms with Crippen LogP contribution in [-0.2, 0) is 0 Å². The van der Waals surface area contributed by atoms with E-state index in [1.807, 2.05) is 26.0 Å². The van der Waals surface area contributed by atoms with Crippen LogP contribution in [0.2, 0.25) is 5.02 Å². The van der Waals surface area contributed by atoms with E-state index < -0.39 is 0 Å². The molecule has 0 saturated heterocycles. The average Bonchev–Trinajstić information content (AvgIpc) is 2.51. The van der Waals surface area contributed by atoms with Crippen molar-refractivity contribution in [3.05, 3.63) is 34.7 Å². The molecule has 0 aliphatic heterocycles. The zero-order valence-corrected chi connectivity index (χ0v) is 9.28. The molecule has 0 unspecified atom stereocenters. The second kappa shape index (κ2) is 3.55. The molecule has 0 atom stereocenters. The maximum absolute atomic E-state index is 5.92. The van der Waals surface area contributed by atoms with Crippen LogP contribution in [0.4, 0.5) is 5.69 Å². The molecule has 2 aromatic rings. The lowest BCUT2D eigenvalue weighted by Gasteiger charge is -2.04. The van der Waals surface area contributed by atoms with Gasteiger partial charge in [0.05, 0.1) is 22.6 Å². The molecule has 0 bridgehead atoms. The number of pyridine rings is 1. The minimum absolute atomic E-state index is 0.583. The highest BCUT2D eigenvalue weighted by Crippen LogP contribution is 2.19. The number of aryl methyl sites for hydroxylation is 2. The summed E-state index contributed by atoms with van der Waals surface area (Å²) in [6.45, 7) is 3.74. The second-order valence-corrected chi connectivity index (χ2v) is 3.78. The van der Waals surface area contributed by atoms with E-state index in [9.17, 15) is 0 Å². The maximum Gasteiger partial charge on any atom is 0.176 e. The Kier molecular flexibility index (Phi) is 2.36. The molecule has 4 nitrogen and oxygen atoms in total. The average molecular weight is 223 g/mol. The summed E-state index contributed by atoms with van der Waals surface area (Å²) in [5.41, 5.74) is 8.05. The molecule has 5 heteroatoms. The first-order valence-corrected chi connectivity index (χ1v) is 4.91. The third kappa shape index (κ3) is 1.80. The lowest BCUT2D eigenvalue weighted by atomic mass is 10.3. The smallest absolute Gasteiger partial charge is 0.176 e. The highest BCUT2D eigenvalue weighted by atomic mass is 35.5. The minimum Gasteiger partial charge on any atom is -0.396 e. The lowest BCUT2D eigenvalue weighted by Crippen LogP contribution is -2.04. The molecule has 15 heavy (non-hydrogen) atoms. The highest BCUT2D eigenvalue weighted by molar-refractivity contribution is 6.31. The number of anilines is 1. The van der Waals surface area contributed by atoms with Crippen molar-refractivity contribution in [2.75, 3.05) is 5.73 Å². The van der Waals surface area contributed by atoms with Crippen LogP contribution in [0, 0.1) is 13.8 Å². The van der Waals surface area contributed by atoms with Crippen LogP contribution in [-0.4, -0.2) is 14.8 Å². The van der Waals surface area contributed by atoms with Crippen LogP contribution in [0.3, 0.4) is 0 Å². The van der Waals surface area contributed by atoms with E-state index in [1.54, 1.807) is 10.9 Å². The van der Waals surface area contributed by atoms with E-state index in [2.05, 4.69) is 10.1 Å². The van der Waals surface area contributed by atoms with Crippen molar-refractivity contribution in [2.45, 2.75) is 13.8 Å². The Labute approximate surface area is 92.7 Å². The first-order chi connectivity index (χ1) is 7.08. The molecule has 2 heterocycles. The fourth-order valence-electron chi connectivity index (χ4n) is 1.28. The van der Waals surface area contributed by atoms with E-state index in [1.165, 1.54) is 0 Å². The fraction of sp³-hybridized carbons (Fsp3) is 0.200. The van der Waals surface area contributed by atoms with Crippen LogP contribution >= 0.6 is 11.6 Å². The van der Waals surface area contributed by atoms with Gasteiger partial charge in [-0.15, -0.1) is 0 Å². The van der Waals surface area contributed by atoms with E-state index in [0.717, 1.165) is 11.4 Å².